The lowest BCUT2D eigenvalue weighted by Crippen LogP contribution is -2.29. The third-order valence-electron chi connectivity index (χ3n) is 4.50. The van der Waals surface area contributed by atoms with Crippen LogP contribution in [0.5, 0.6) is 11.5 Å². The summed E-state index contributed by atoms with van der Waals surface area (Å²) in [5.74, 6) is 1.13. The first kappa shape index (κ1) is 23.2. The number of methoxy groups -OCH3 is 1. The predicted molar refractivity (Wildman–Crippen MR) is 123 cm³/mol. The maximum Gasteiger partial charge on any atom is 0.270 e. The quantitative estimate of drug-likeness (QED) is 0.360. The molecule has 1 heterocycles. The van der Waals surface area contributed by atoms with Crippen molar-refractivity contribution < 1.29 is 19.2 Å². The lowest BCUT2D eigenvalue weighted by molar-refractivity contribution is -0.384. The molecule has 0 fully saturated rings. The molecule has 1 N–H and O–H groups in total. The van der Waals surface area contributed by atoms with Gasteiger partial charge >= 0.3 is 0 Å². The van der Waals surface area contributed by atoms with Crippen LogP contribution in [0.15, 0.2) is 47.8 Å². The first-order valence-corrected chi connectivity index (χ1v) is 10.8. The molecule has 168 valence electrons. The number of anilines is 1. The molecule has 0 saturated heterocycles. The molecule has 0 saturated carbocycles. The molecule has 0 radical (unpaired) electrons. The number of carbonyl (C=O) groups excluding carboxylic acids is 1. The van der Waals surface area contributed by atoms with Crippen molar-refractivity contribution in [2.75, 3.05) is 32.6 Å². The van der Waals surface area contributed by atoms with E-state index in [1.165, 1.54) is 23.5 Å². The molecule has 1 amide bonds. The molecular formula is C22H24N4O5S. The van der Waals surface area contributed by atoms with E-state index in [0.717, 1.165) is 5.56 Å². The molecule has 32 heavy (non-hydrogen) atoms. The number of carbonyl (C=O) groups is 1. The average Bonchev–Trinajstić information content (AvgIpc) is 3.23. The molecule has 0 unspecified atom stereocenters. The summed E-state index contributed by atoms with van der Waals surface area (Å²) in [5.41, 5.74) is 2.18. The number of benzene rings is 2. The van der Waals surface area contributed by atoms with Crippen LogP contribution in [0.25, 0.3) is 11.3 Å². The van der Waals surface area contributed by atoms with Crippen molar-refractivity contribution in [1.29, 1.82) is 0 Å². The monoisotopic (exact) mass is 456 g/mol. The van der Waals surface area contributed by atoms with Crippen molar-refractivity contribution in [2.45, 2.75) is 13.5 Å². The Morgan fingerprint density at radius 1 is 1.25 bits per heavy atom. The number of hydrogen-bond donors (Lipinski definition) is 1. The van der Waals surface area contributed by atoms with E-state index in [1.54, 1.807) is 24.6 Å². The van der Waals surface area contributed by atoms with E-state index in [4.69, 9.17) is 9.47 Å². The average molecular weight is 457 g/mol. The van der Waals surface area contributed by atoms with Crippen molar-refractivity contribution >= 4 is 28.1 Å². The van der Waals surface area contributed by atoms with Gasteiger partial charge in [0.2, 0.25) is 5.91 Å². The Morgan fingerprint density at radius 2 is 2.06 bits per heavy atom. The Bertz CT molecular complexity index is 1100. The maximum absolute atomic E-state index is 12.4. The second-order valence-corrected chi connectivity index (χ2v) is 7.84. The number of amides is 1. The number of hydrogen-bond acceptors (Lipinski definition) is 8. The summed E-state index contributed by atoms with van der Waals surface area (Å²) in [4.78, 5) is 29.2. The fraction of sp³-hybridized carbons (Fsp3) is 0.273. The Kier molecular flexibility index (Phi) is 7.74. The lowest BCUT2D eigenvalue weighted by atomic mass is 10.1. The Labute approximate surface area is 189 Å². The van der Waals surface area contributed by atoms with Crippen molar-refractivity contribution in [3.63, 3.8) is 0 Å². The van der Waals surface area contributed by atoms with Crippen LogP contribution >= 0.6 is 11.3 Å². The van der Waals surface area contributed by atoms with Gasteiger partial charge in [-0.15, -0.1) is 11.3 Å². The van der Waals surface area contributed by atoms with Gasteiger partial charge in [-0.2, -0.15) is 0 Å². The van der Waals surface area contributed by atoms with Crippen molar-refractivity contribution in [3.8, 4) is 22.8 Å². The molecule has 0 spiro atoms. The number of ether oxygens (including phenoxy) is 2. The Hall–Kier alpha value is -3.50. The zero-order valence-corrected chi connectivity index (χ0v) is 18.8. The zero-order chi connectivity index (χ0) is 23.1. The third kappa shape index (κ3) is 6.02. The van der Waals surface area contributed by atoms with Crippen molar-refractivity contribution in [2.24, 2.45) is 0 Å². The number of thiazole rings is 1. The second-order valence-electron chi connectivity index (χ2n) is 6.98. The molecule has 0 aliphatic heterocycles. The van der Waals surface area contributed by atoms with Gasteiger partial charge < -0.3 is 14.8 Å². The first-order valence-electron chi connectivity index (χ1n) is 9.88. The van der Waals surface area contributed by atoms with Crippen LogP contribution in [0.2, 0.25) is 0 Å². The fourth-order valence-electron chi connectivity index (χ4n) is 3.10. The lowest BCUT2D eigenvalue weighted by Gasteiger charge is -2.17. The fourth-order valence-corrected chi connectivity index (χ4v) is 3.84. The molecular weight excluding hydrogens is 432 g/mol. The minimum atomic E-state index is -0.450. The number of aromatic nitrogens is 1. The van der Waals surface area contributed by atoms with Crippen molar-refractivity contribution in [3.05, 3.63) is 63.5 Å². The van der Waals surface area contributed by atoms with E-state index in [2.05, 4.69) is 10.3 Å². The molecule has 9 nitrogen and oxygen atoms in total. The summed E-state index contributed by atoms with van der Waals surface area (Å²) in [5, 5.41) is 15.9. The van der Waals surface area contributed by atoms with Crippen LogP contribution in [0.1, 0.15) is 12.5 Å². The zero-order valence-electron chi connectivity index (χ0n) is 18.0. The highest BCUT2D eigenvalue weighted by Gasteiger charge is 2.14. The van der Waals surface area contributed by atoms with E-state index in [1.807, 2.05) is 37.1 Å². The van der Waals surface area contributed by atoms with Gasteiger partial charge in [0.15, 0.2) is 16.6 Å². The molecule has 3 rings (SSSR count). The number of rotatable bonds is 10. The highest BCUT2D eigenvalue weighted by atomic mass is 32.1. The van der Waals surface area contributed by atoms with E-state index in [-0.39, 0.29) is 18.1 Å². The third-order valence-corrected chi connectivity index (χ3v) is 5.25. The van der Waals surface area contributed by atoms with E-state index >= 15 is 0 Å². The maximum atomic E-state index is 12.4. The SMILES string of the molecule is CCOc1ccc(CN(C)CC(=O)Nc2nc(-c3cccc([N+](=O)[O-])c3)cs2)cc1OC. The molecule has 0 bridgehead atoms. The molecule has 3 aromatic rings. The van der Waals surface area contributed by atoms with Gasteiger partial charge in [0.25, 0.3) is 5.69 Å². The van der Waals surface area contributed by atoms with E-state index in [0.29, 0.717) is 41.0 Å². The summed E-state index contributed by atoms with van der Waals surface area (Å²) in [6.07, 6.45) is 0. The second kappa shape index (κ2) is 10.7. The molecule has 10 heteroatoms. The van der Waals surface area contributed by atoms with Gasteiger partial charge in [-0.1, -0.05) is 18.2 Å². The summed E-state index contributed by atoms with van der Waals surface area (Å²) >= 11 is 1.27. The van der Waals surface area contributed by atoms with Gasteiger partial charge in [0.1, 0.15) is 0 Å². The van der Waals surface area contributed by atoms with Gasteiger partial charge in [0, 0.05) is 29.6 Å². The summed E-state index contributed by atoms with van der Waals surface area (Å²) in [6.45, 7) is 3.18. The largest absolute Gasteiger partial charge is 0.493 e. The van der Waals surface area contributed by atoms with Crippen LogP contribution in [0.4, 0.5) is 10.8 Å². The topological polar surface area (TPSA) is 107 Å². The number of nitrogens with zero attached hydrogens (tertiary/aromatic N) is 3. The number of likely N-dealkylation sites (N-methyl/N-ethyl adjacent to an activating group) is 1. The summed E-state index contributed by atoms with van der Waals surface area (Å²) < 4.78 is 10.9. The molecule has 0 atom stereocenters. The molecule has 0 aliphatic rings. The van der Waals surface area contributed by atoms with Crippen LogP contribution in [0.3, 0.4) is 0 Å². The number of nitro benzene ring substituents is 1. The van der Waals surface area contributed by atoms with Crippen LogP contribution in [0, 0.1) is 10.1 Å². The normalized spacial score (nSPS) is 10.8. The summed E-state index contributed by atoms with van der Waals surface area (Å²) in [7, 11) is 3.44. The molecule has 1 aromatic heterocycles. The van der Waals surface area contributed by atoms with Crippen LogP contribution in [-0.4, -0.2) is 48.0 Å². The predicted octanol–water partition coefficient (Wildman–Crippen LogP) is 4.20. The van der Waals surface area contributed by atoms with Gasteiger partial charge in [0.05, 0.1) is 30.9 Å². The number of non-ortho nitro benzene ring substituents is 1. The minimum absolute atomic E-state index is 0.00590. The van der Waals surface area contributed by atoms with Gasteiger partial charge in [-0.25, -0.2) is 4.98 Å². The first-order chi connectivity index (χ1) is 15.4. The smallest absolute Gasteiger partial charge is 0.270 e. The van der Waals surface area contributed by atoms with Crippen LogP contribution in [-0.2, 0) is 11.3 Å². The van der Waals surface area contributed by atoms with E-state index in [9.17, 15) is 14.9 Å². The van der Waals surface area contributed by atoms with E-state index < -0.39 is 4.92 Å². The Morgan fingerprint density at radius 3 is 2.78 bits per heavy atom. The number of nitro groups is 1. The Balaban J connectivity index is 1.58. The summed E-state index contributed by atoms with van der Waals surface area (Å²) in [6, 6.07) is 11.9. The van der Waals surface area contributed by atoms with Crippen molar-refractivity contribution in [1.82, 2.24) is 9.88 Å². The number of nitrogens with one attached hydrogen (secondary N) is 1. The highest BCUT2D eigenvalue weighted by Crippen LogP contribution is 2.29. The van der Waals surface area contributed by atoms with Crippen LogP contribution < -0.4 is 14.8 Å². The van der Waals surface area contributed by atoms with Gasteiger partial charge in [-0.3, -0.25) is 19.8 Å². The minimum Gasteiger partial charge on any atom is -0.493 e. The standard InChI is InChI=1S/C22H24N4O5S/c1-4-31-19-9-8-15(10-20(19)30-3)12-25(2)13-21(27)24-22-23-18(14-32-22)16-6-5-7-17(11-16)26(28)29/h5-11,14H,4,12-13H2,1-3H3,(H,23,24,27). The molecule has 0 aliphatic carbocycles. The molecule has 2 aromatic carbocycles. The highest BCUT2D eigenvalue weighted by molar-refractivity contribution is 7.14. The van der Waals surface area contributed by atoms with Gasteiger partial charge in [-0.05, 0) is 31.7 Å².